The van der Waals surface area contributed by atoms with Crippen LogP contribution in [0.2, 0.25) is 0 Å². The predicted octanol–water partition coefficient (Wildman–Crippen LogP) is -0.0598. The van der Waals surface area contributed by atoms with Gasteiger partial charge in [0.1, 0.15) is 5.69 Å². The molecule has 0 bridgehead atoms. The molecule has 0 aromatic carbocycles. The summed E-state index contributed by atoms with van der Waals surface area (Å²) in [5.41, 5.74) is 1.16. The van der Waals surface area contributed by atoms with Gasteiger partial charge in [-0.1, -0.05) is 0 Å². The molecule has 0 unspecified atom stereocenters. The Morgan fingerprint density at radius 3 is 2.44 bits per heavy atom. The Kier molecular flexibility index (Phi) is 6.10. The number of carbonyl (C=O) groups is 1. The van der Waals surface area contributed by atoms with Crippen LogP contribution in [0.3, 0.4) is 0 Å². The van der Waals surface area contributed by atoms with Crippen LogP contribution in [-0.2, 0) is 0 Å². The van der Waals surface area contributed by atoms with Gasteiger partial charge in [-0.2, -0.15) is 0 Å². The second-order valence-corrected chi connectivity index (χ2v) is 3.70. The molecule has 0 radical (unpaired) electrons. The van der Waals surface area contributed by atoms with Crippen molar-refractivity contribution in [2.24, 2.45) is 0 Å². The van der Waals surface area contributed by atoms with Gasteiger partial charge in [-0.3, -0.25) is 4.79 Å². The Morgan fingerprint density at radius 2 is 2.00 bits per heavy atom. The van der Waals surface area contributed by atoms with E-state index in [1.807, 2.05) is 6.92 Å². The molecule has 1 amide bonds. The van der Waals surface area contributed by atoms with Crippen LogP contribution < -0.4 is 5.32 Å². The summed E-state index contributed by atoms with van der Waals surface area (Å²) in [5.74, 6) is -0.291. The second-order valence-electron chi connectivity index (χ2n) is 3.70. The maximum Gasteiger partial charge on any atom is 0.272 e. The van der Waals surface area contributed by atoms with Gasteiger partial charge in [-0.15, -0.1) is 0 Å². The summed E-state index contributed by atoms with van der Waals surface area (Å²) >= 11 is 0. The van der Waals surface area contributed by atoms with Crippen LogP contribution in [0.1, 0.15) is 17.4 Å². The zero-order chi connectivity index (χ0) is 13.4. The number of nitrogens with one attached hydrogen (secondary N) is 1. The van der Waals surface area contributed by atoms with Crippen molar-refractivity contribution < 1.29 is 15.0 Å². The van der Waals surface area contributed by atoms with E-state index in [0.717, 1.165) is 12.2 Å². The van der Waals surface area contributed by atoms with E-state index in [9.17, 15) is 4.79 Å². The SMILES string of the molecule is CCNc1ccc(C(=O)N(CCO)CCO)nc1. The lowest BCUT2D eigenvalue weighted by molar-refractivity contribution is 0.0679. The molecule has 0 saturated heterocycles. The van der Waals surface area contributed by atoms with Gasteiger partial charge >= 0.3 is 0 Å². The molecule has 3 N–H and O–H groups in total. The standard InChI is InChI=1S/C12H19N3O3/c1-2-13-10-3-4-11(14-9-10)12(18)15(5-7-16)6-8-17/h3-4,9,13,16-17H,2,5-8H2,1H3. The Balaban J connectivity index is 2.74. The fourth-order valence-corrected chi connectivity index (χ4v) is 1.55. The number of aliphatic hydroxyl groups excluding tert-OH is 2. The van der Waals surface area contributed by atoms with Crippen molar-refractivity contribution in [2.45, 2.75) is 6.92 Å². The van der Waals surface area contributed by atoms with Crippen LogP contribution in [-0.4, -0.2) is 58.9 Å². The molecule has 1 rings (SSSR count). The molecule has 18 heavy (non-hydrogen) atoms. The summed E-state index contributed by atoms with van der Waals surface area (Å²) in [6, 6.07) is 3.40. The topological polar surface area (TPSA) is 85.7 Å². The number of rotatable bonds is 7. The number of aliphatic hydroxyl groups is 2. The van der Waals surface area contributed by atoms with Crippen LogP contribution in [0.15, 0.2) is 18.3 Å². The Morgan fingerprint density at radius 1 is 1.33 bits per heavy atom. The minimum absolute atomic E-state index is 0.138. The van der Waals surface area contributed by atoms with Gasteiger partial charge in [0.25, 0.3) is 5.91 Å². The highest BCUT2D eigenvalue weighted by molar-refractivity contribution is 5.92. The summed E-state index contributed by atoms with van der Waals surface area (Å²) in [6.07, 6.45) is 1.59. The van der Waals surface area contributed by atoms with E-state index in [0.29, 0.717) is 5.69 Å². The van der Waals surface area contributed by atoms with E-state index < -0.39 is 0 Å². The molecule has 0 atom stereocenters. The molecule has 1 aromatic heterocycles. The van der Waals surface area contributed by atoms with Crippen LogP contribution in [0.25, 0.3) is 0 Å². The van der Waals surface area contributed by atoms with E-state index in [-0.39, 0.29) is 32.2 Å². The van der Waals surface area contributed by atoms with Gasteiger partial charge in [0.2, 0.25) is 0 Å². The minimum atomic E-state index is -0.291. The van der Waals surface area contributed by atoms with E-state index in [2.05, 4.69) is 10.3 Å². The number of carbonyl (C=O) groups excluding carboxylic acids is 1. The van der Waals surface area contributed by atoms with Crippen LogP contribution in [0, 0.1) is 0 Å². The fraction of sp³-hybridized carbons (Fsp3) is 0.500. The highest BCUT2D eigenvalue weighted by Gasteiger charge is 2.15. The van der Waals surface area contributed by atoms with E-state index >= 15 is 0 Å². The Labute approximate surface area is 106 Å². The molecular formula is C12H19N3O3. The quantitative estimate of drug-likeness (QED) is 0.634. The van der Waals surface area contributed by atoms with Crippen LogP contribution in [0.4, 0.5) is 5.69 Å². The Hall–Kier alpha value is -1.66. The molecule has 0 fully saturated rings. The van der Waals surface area contributed by atoms with Crippen molar-refractivity contribution in [3.05, 3.63) is 24.0 Å². The fourth-order valence-electron chi connectivity index (χ4n) is 1.55. The number of hydrogen-bond donors (Lipinski definition) is 3. The average Bonchev–Trinajstić information content (AvgIpc) is 2.39. The first kappa shape index (κ1) is 14.4. The summed E-state index contributed by atoms with van der Waals surface area (Å²) in [6.45, 7) is 2.87. The first-order valence-electron chi connectivity index (χ1n) is 5.93. The number of nitrogens with zero attached hydrogens (tertiary/aromatic N) is 2. The van der Waals surface area contributed by atoms with Gasteiger partial charge in [0.05, 0.1) is 25.1 Å². The monoisotopic (exact) mass is 253 g/mol. The molecule has 0 aliphatic rings. The minimum Gasteiger partial charge on any atom is -0.395 e. The second kappa shape index (κ2) is 7.62. The first-order chi connectivity index (χ1) is 8.72. The summed E-state index contributed by atoms with van der Waals surface area (Å²) in [7, 11) is 0. The van der Waals surface area contributed by atoms with E-state index in [1.165, 1.54) is 4.90 Å². The van der Waals surface area contributed by atoms with Crippen molar-refractivity contribution in [1.29, 1.82) is 0 Å². The molecule has 6 heteroatoms. The third-order valence-electron chi connectivity index (χ3n) is 2.39. The molecule has 100 valence electrons. The first-order valence-corrected chi connectivity index (χ1v) is 5.93. The smallest absolute Gasteiger partial charge is 0.272 e. The van der Waals surface area contributed by atoms with Crippen molar-refractivity contribution in [1.82, 2.24) is 9.88 Å². The van der Waals surface area contributed by atoms with Crippen molar-refractivity contribution in [3.63, 3.8) is 0 Å². The highest BCUT2D eigenvalue weighted by Crippen LogP contribution is 2.08. The molecule has 0 saturated carbocycles. The number of anilines is 1. The summed E-state index contributed by atoms with van der Waals surface area (Å²) in [5, 5.41) is 20.8. The van der Waals surface area contributed by atoms with E-state index in [1.54, 1.807) is 18.3 Å². The number of amides is 1. The van der Waals surface area contributed by atoms with Gasteiger partial charge in [-0.05, 0) is 19.1 Å². The molecule has 1 aromatic rings. The maximum atomic E-state index is 12.0. The average molecular weight is 253 g/mol. The molecule has 0 spiro atoms. The third kappa shape index (κ3) is 3.97. The van der Waals surface area contributed by atoms with Crippen LogP contribution >= 0.6 is 0 Å². The van der Waals surface area contributed by atoms with Crippen LogP contribution in [0.5, 0.6) is 0 Å². The number of hydrogen-bond acceptors (Lipinski definition) is 5. The maximum absolute atomic E-state index is 12.0. The molecule has 0 aliphatic heterocycles. The summed E-state index contributed by atoms with van der Waals surface area (Å²) in [4.78, 5) is 17.5. The molecule has 0 aliphatic carbocycles. The van der Waals surface area contributed by atoms with Gasteiger partial charge < -0.3 is 20.4 Å². The van der Waals surface area contributed by atoms with Crippen molar-refractivity contribution in [2.75, 3.05) is 38.2 Å². The van der Waals surface area contributed by atoms with E-state index in [4.69, 9.17) is 10.2 Å². The predicted molar refractivity (Wildman–Crippen MR) is 68.5 cm³/mol. The third-order valence-corrected chi connectivity index (χ3v) is 2.39. The lowest BCUT2D eigenvalue weighted by Gasteiger charge is -2.20. The van der Waals surface area contributed by atoms with Crippen molar-refractivity contribution >= 4 is 11.6 Å². The molecule has 6 nitrogen and oxygen atoms in total. The number of pyridine rings is 1. The van der Waals surface area contributed by atoms with Crippen molar-refractivity contribution in [3.8, 4) is 0 Å². The number of aromatic nitrogens is 1. The summed E-state index contributed by atoms with van der Waals surface area (Å²) < 4.78 is 0. The lowest BCUT2D eigenvalue weighted by Crippen LogP contribution is -2.36. The van der Waals surface area contributed by atoms with Gasteiger partial charge in [-0.25, -0.2) is 4.98 Å². The molecule has 1 heterocycles. The normalized spacial score (nSPS) is 10.2. The lowest BCUT2D eigenvalue weighted by atomic mass is 10.3. The molecular weight excluding hydrogens is 234 g/mol. The zero-order valence-corrected chi connectivity index (χ0v) is 10.5. The van der Waals surface area contributed by atoms with Gasteiger partial charge in [0, 0.05) is 19.6 Å². The zero-order valence-electron chi connectivity index (χ0n) is 10.5. The highest BCUT2D eigenvalue weighted by atomic mass is 16.3. The van der Waals surface area contributed by atoms with Gasteiger partial charge in [0.15, 0.2) is 0 Å². The largest absolute Gasteiger partial charge is 0.395 e. The Bertz CT molecular complexity index is 361.